The monoisotopic (exact) mass is 449 g/mol. The first-order valence-corrected chi connectivity index (χ1v) is 9.47. The summed E-state index contributed by atoms with van der Waals surface area (Å²) in [7, 11) is 0. The van der Waals surface area contributed by atoms with Crippen LogP contribution in [0.5, 0.6) is 0 Å². The van der Waals surface area contributed by atoms with Gasteiger partial charge in [-0.15, -0.1) is 0 Å². The molecule has 29 heavy (non-hydrogen) atoms. The van der Waals surface area contributed by atoms with Gasteiger partial charge in [0, 0.05) is 16.1 Å². The van der Waals surface area contributed by atoms with Gasteiger partial charge in [-0.1, -0.05) is 34.8 Å². The van der Waals surface area contributed by atoms with Crippen molar-refractivity contribution in [1.29, 1.82) is 0 Å². The molecule has 6 nitrogen and oxygen atoms in total. The third-order valence-electron chi connectivity index (χ3n) is 3.73. The lowest BCUT2D eigenvalue weighted by Gasteiger charge is -2.04. The zero-order chi connectivity index (χ0) is 20.8. The normalized spacial score (nSPS) is 10.9. The summed E-state index contributed by atoms with van der Waals surface area (Å²) in [5.74, 6) is 0.126. The summed E-state index contributed by atoms with van der Waals surface area (Å²) in [5, 5.41) is 7.69. The summed E-state index contributed by atoms with van der Waals surface area (Å²) < 4.78 is 5.63. The highest BCUT2D eigenvalue weighted by Gasteiger charge is 2.08. The first-order chi connectivity index (χ1) is 13.9. The number of carbonyl (C=O) groups excluding carboxylic acids is 2. The Morgan fingerprint density at radius 3 is 2.45 bits per heavy atom. The van der Waals surface area contributed by atoms with E-state index in [1.807, 2.05) is 0 Å². The summed E-state index contributed by atoms with van der Waals surface area (Å²) in [6.45, 7) is -0.231. The maximum absolute atomic E-state index is 11.9. The third-order valence-corrected chi connectivity index (χ3v) is 4.72. The van der Waals surface area contributed by atoms with E-state index in [0.29, 0.717) is 32.2 Å². The number of hydrazone groups is 1. The minimum absolute atomic E-state index is 0.231. The molecule has 9 heteroatoms. The number of nitrogens with one attached hydrogen (secondary N) is 2. The van der Waals surface area contributed by atoms with Gasteiger partial charge in [-0.2, -0.15) is 5.10 Å². The predicted octanol–water partition coefficient (Wildman–Crippen LogP) is 4.79. The van der Waals surface area contributed by atoms with Crippen molar-refractivity contribution in [2.75, 3.05) is 6.54 Å². The van der Waals surface area contributed by atoms with Crippen LogP contribution in [0.1, 0.15) is 16.1 Å². The van der Waals surface area contributed by atoms with Crippen molar-refractivity contribution in [2.45, 2.75) is 0 Å². The van der Waals surface area contributed by atoms with Gasteiger partial charge in [-0.25, -0.2) is 5.43 Å². The van der Waals surface area contributed by atoms with Crippen molar-refractivity contribution in [1.82, 2.24) is 10.7 Å². The zero-order valence-corrected chi connectivity index (χ0v) is 17.1. The molecule has 0 radical (unpaired) electrons. The van der Waals surface area contributed by atoms with E-state index in [2.05, 4.69) is 15.8 Å². The molecule has 0 bridgehead atoms. The highest BCUT2D eigenvalue weighted by molar-refractivity contribution is 6.42. The van der Waals surface area contributed by atoms with E-state index in [1.54, 1.807) is 54.6 Å². The van der Waals surface area contributed by atoms with Gasteiger partial charge in [0.2, 0.25) is 0 Å². The minimum atomic E-state index is -0.486. The standard InChI is InChI=1S/C20H14Cl3N3O3/c21-14-4-1-12(2-5-14)20(28)24-11-19(27)26-25-10-15-6-8-18(29-15)13-3-7-16(22)17(23)9-13/h1-10H,11H2,(H,24,28)(H,26,27). The molecule has 0 aliphatic rings. The van der Waals surface area contributed by atoms with Crippen LogP contribution in [0.15, 0.2) is 64.1 Å². The first kappa shape index (κ1) is 20.9. The number of hydrogen-bond acceptors (Lipinski definition) is 4. The van der Waals surface area contributed by atoms with Gasteiger partial charge in [0.05, 0.1) is 22.8 Å². The minimum Gasteiger partial charge on any atom is -0.455 e. The van der Waals surface area contributed by atoms with E-state index in [0.717, 1.165) is 5.56 Å². The molecule has 1 aromatic heterocycles. The number of nitrogens with zero attached hydrogens (tertiary/aromatic N) is 1. The predicted molar refractivity (Wildman–Crippen MR) is 114 cm³/mol. The fourth-order valence-electron chi connectivity index (χ4n) is 2.30. The van der Waals surface area contributed by atoms with Gasteiger partial charge >= 0.3 is 0 Å². The summed E-state index contributed by atoms with van der Waals surface area (Å²) in [4.78, 5) is 23.7. The van der Waals surface area contributed by atoms with E-state index < -0.39 is 11.8 Å². The van der Waals surface area contributed by atoms with Crippen LogP contribution in [0.3, 0.4) is 0 Å². The quantitative estimate of drug-likeness (QED) is 0.418. The molecule has 1 heterocycles. The molecule has 2 aromatic carbocycles. The number of halogens is 3. The number of rotatable bonds is 6. The van der Waals surface area contributed by atoms with Crippen LogP contribution >= 0.6 is 34.8 Å². The Labute approximate surface area is 181 Å². The molecule has 0 aliphatic heterocycles. The van der Waals surface area contributed by atoms with E-state index in [4.69, 9.17) is 39.2 Å². The molecule has 2 amide bonds. The van der Waals surface area contributed by atoms with Crippen molar-refractivity contribution in [3.8, 4) is 11.3 Å². The Kier molecular flexibility index (Phi) is 6.93. The van der Waals surface area contributed by atoms with Gasteiger partial charge < -0.3 is 9.73 Å². The second-order valence-corrected chi connectivity index (χ2v) is 7.06. The fourth-order valence-corrected chi connectivity index (χ4v) is 2.72. The molecule has 0 fully saturated rings. The van der Waals surface area contributed by atoms with E-state index in [-0.39, 0.29) is 6.54 Å². The Bertz CT molecular complexity index is 1060. The average Bonchev–Trinajstić information content (AvgIpc) is 3.17. The summed E-state index contributed by atoms with van der Waals surface area (Å²) >= 11 is 17.7. The second kappa shape index (κ2) is 9.60. The van der Waals surface area contributed by atoms with Gasteiger partial charge in [-0.3, -0.25) is 9.59 Å². The van der Waals surface area contributed by atoms with Crippen molar-refractivity contribution in [3.05, 3.63) is 81.0 Å². The van der Waals surface area contributed by atoms with Crippen molar-refractivity contribution in [3.63, 3.8) is 0 Å². The van der Waals surface area contributed by atoms with Gasteiger partial charge in [0.1, 0.15) is 11.5 Å². The number of hydrogen-bond donors (Lipinski definition) is 2. The maximum atomic E-state index is 11.9. The number of benzene rings is 2. The zero-order valence-electron chi connectivity index (χ0n) is 14.8. The number of amides is 2. The summed E-state index contributed by atoms with van der Waals surface area (Å²) in [6.07, 6.45) is 1.35. The van der Waals surface area contributed by atoms with Crippen molar-refractivity contribution < 1.29 is 14.0 Å². The van der Waals surface area contributed by atoms with Gasteiger partial charge in [-0.05, 0) is 54.6 Å². The molecule has 0 atom stereocenters. The lowest BCUT2D eigenvalue weighted by atomic mass is 10.2. The van der Waals surface area contributed by atoms with E-state index in [1.165, 1.54) is 6.21 Å². The molecule has 0 aliphatic carbocycles. The number of furan rings is 1. The molecule has 0 saturated heterocycles. The van der Waals surface area contributed by atoms with Crippen molar-refractivity contribution in [2.24, 2.45) is 5.10 Å². The lowest BCUT2D eigenvalue weighted by molar-refractivity contribution is -0.120. The van der Waals surface area contributed by atoms with Crippen LogP contribution in [0.4, 0.5) is 0 Å². The Morgan fingerprint density at radius 1 is 0.966 bits per heavy atom. The number of carbonyl (C=O) groups is 2. The third kappa shape index (κ3) is 5.84. The topological polar surface area (TPSA) is 83.7 Å². The Balaban J connectivity index is 1.50. The molecule has 3 rings (SSSR count). The molecule has 3 aromatic rings. The summed E-state index contributed by atoms with van der Waals surface area (Å²) in [5.41, 5.74) is 3.47. The molecule has 2 N–H and O–H groups in total. The molecule has 148 valence electrons. The van der Waals surface area contributed by atoms with Crippen LogP contribution in [0, 0.1) is 0 Å². The molecule has 0 spiro atoms. The maximum Gasteiger partial charge on any atom is 0.259 e. The molecular formula is C20H14Cl3N3O3. The summed E-state index contributed by atoms with van der Waals surface area (Å²) in [6, 6.07) is 14.9. The first-order valence-electron chi connectivity index (χ1n) is 8.33. The molecule has 0 saturated carbocycles. The Morgan fingerprint density at radius 2 is 1.72 bits per heavy atom. The lowest BCUT2D eigenvalue weighted by Crippen LogP contribution is -2.34. The highest BCUT2D eigenvalue weighted by atomic mass is 35.5. The van der Waals surface area contributed by atoms with Gasteiger partial charge in [0.15, 0.2) is 0 Å². The van der Waals surface area contributed by atoms with Gasteiger partial charge in [0.25, 0.3) is 11.8 Å². The van der Waals surface area contributed by atoms with E-state index in [9.17, 15) is 9.59 Å². The largest absolute Gasteiger partial charge is 0.455 e. The Hall–Kier alpha value is -2.80. The van der Waals surface area contributed by atoms with Crippen LogP contribution in [0.2, 0.25) is 15.1 Å². The van der Waals surface area contributed by atoms with Crippen LogP contribution in [0.25, 0.3) is 11.3 Å². The molecule has 0 unspecified atom stereocenters. The van der Waals surface area contributed by atoms with Crippen LogP contribution in [-0.4, -0.2) is 24.6 Å². The fraction of sp³-hybridized carbons (Fsp3) is 0.0500. The highest BCUT2D eigenvalue weighted by Crippen LogP contribution is 2.29. The van der Waals surface area contributed by atoms with Crippen LogP contribution < -0.4 is 10.7 Å². The van der Waals surface area contributed by atoms with Crippen LogP contribution in [-0.2, 0) is 4.79 Å². The SMILES string of the molecule is O=C(CNC(=O)c1ccc(Cl)cc1)NN=Cc1ccc(-c2ccc(Cl)c(Cl)c2)o1. The van der Waals surface area contributed by atoms with E-state index >= 15 is 0 Å². The smallest absolute Gasteiger partial charge is 0.259 e. The average molecular weight is 451 g/mol. The second-order valence-electron chi connectivity index (χ2n) is 5.81. The van der Waals surface area contributed by atoms with Crippen molar-refractivity contribution >= 4 is 52.8 Å². The molecular weight excluding hydrogens is 437 g/mol.